The predicted molar refractivity (Wildman–Crippen MR) is 116 cm³/mol. The lowest BCUT2D eigenvalue weighted by molar-refractivity contribution is 0.410. The second kappa shape index (κ2) is 8.74. The molecule has 0 saturated heterocycles. The standard InChI is InChI=1S/C23H28N4O/c1-15(2)19-11-8-9-16(3)22(19)27-23-25-17(4)13-21(26-23)24-14-18-10-6-7-12-20(18)28-5/h6-13,15H,14H2,1-5H3,(H2,24,25,26,27). The van der Waals surface area contributed by atoms with E-state index < -0.39 is 0 Å². The Labute approximate surface area is 167 Å². The fourth-order valence-electron chi connectivity index (χ4n) is 3.20. The van der Waals surface area contributed by atoms with Gasteiger partial charge in [-0.2, -0.15) is 4.98 Å². The Morgan fingerprint density at radius 1 is 1.00 bits per heavy atom. The Hall–Kier alpha value is -3.08. The SMILES string of the molecule is COc1ccccc1CNc1cc(C)nc(Nc2c(C)cccc2C(C)C)n1. The third kappa shape index (κ3) is 4.60. The van der Waals surface area contributed by atoms with Crippen molar-refractivity contribution in [3.8, 4) is 5.75 Å². The number of hydrogen-bond acceptors (Lipinski definition) is 5. The highest BCUT2D eigenvalue weighted by atomic mass is 16.5. The van der Waals surface area contributed by atoms with Crippen molar-refractivity contribution < 1.29 is 4.74 Å². The van der Waals surface area contributed by atoms with E-state index in [0.29, 0.717) is 18.4 Å². The predicted octanol–water partition coefficient (Wildman–Crippen LogP) is 5.58. The Morgan fingerprint density at radius 2 is 1.79 bits per heavy atom. The number of hydrogen-bond donors (Lipinski definition) is 2. The van der Waals surface area contributed by atoms with Crippen LogP contribution in [0.3, 0.4) is 0 Å². The van der Waals surface area contributed by atoms with Crippen LogP contribution in [-0.2, 0) is 6.54 Å². The van der Waals surface area contributed by atoms with Gasteiger partial charge in [0.05, 0.1) is 7.11 Å². The summed E-state index contributed by atoms with van der Waals surface area (Å²) in [6.07, 6.45) is 0. The van der Waals surface area contributed by atoms with Gasteiger partial charge in [-0.1, -0.05) is 50.2 Å². The van der Waals surface area contributed by atoms with Crippen LogP contribution in [0.5, 0.6) is 5.75 Å². The van der Waals surface area contributed by atoms with Crippen molar-refractivity contribution in [1.29, 1.82) is 0 Å². The van der Waals surface area contributed by atoms with Gasteiger partial charge in [-0.05, 0) is 37.0 Å². The number of rotatable bonds is 7. The van der Waals surface area contributed by atoms with Gasteiger partial charge >= 0.3 is 0 Å². The number of methoxy groups -OCH3 is 1. The zero-order valence-electron chi connectivity index (χ0n) is 17.2. The van der Waals surface area contributed by atoms with Crippen molar-refractivity contribution in [1.82, 2.24) is 9.97 Å². The summed E-state index contributed by atoms with van der Waals surface area (Å²) >= 11 is 0. The van der Waals surface area contributed by atoms with Crippen molar-refractivity contribution >= 4 is 17.5 Å². The maximum absolute atomic E-state index is 5.42. The van der Waals surface area contributed by atoms with Crippen molar-refractivity contribution in [2.24, 2.45) is 0 Å². The maximum Gasteiger partial charge on any atom is 0.229 e. The quantitative estimate of drug-likeness (QED) is 0.563. The number of nitrogens with one attached hydrogen (secondary N) is 2. The summed E-state index contributed by atoms with van der Waals surface area (Å²) < 4.78 is 5.42. The molecule has 5 heteroatoms. The van der Waals surface area contributed by atoms with Gasteiger partial charge in [0.15, 0.2) is 0 Å². The van der Waals surface area contributed by atoms with E-state index in [0.717, 1.165) is 28.5 Å². The third-order valence-corrected chi connectivity index (χ3v) is 4.67. The number of nitrogens with zero attached hydrogens (tertiary/aromatic N) is 2. The summed E-state index contributed by atoms with van der Waals surface area (Å²) in [4.78, 5) is 9.24. The van der Waals surface area contributed by atoms with E-state index in [4.69, 9.17) is 4.74 Å². The third-order valence-electron chi connectivity index (χ3n) is 4.67. The molecule has 0 aliphatic rings. The molecule has 0 saturated carbocycles. The molecular formula is C23H28N4O. The van der Waals surface area contributed by atoms with Crippen LogP contribution in [0.4, 0.5) is 17.5 Å². The van der Waals surface area contributed by atoms with E-state index in [2.05, 4.69) is 59.6 Å². The Morgan fingerprint density at radius 3 is 2.54 bits per heavy atom. The van der Waals surface area contributed by atoms with Crippen molar-refractivity contribution in [3.05, 3.63) is 70.9 Å². The van der Waals surface area contributed by atoms with Crippen LogP contribution in [-0.4, -0.2) is 17.1 Å². The number of anilines is 3. The molecule has 5 nitrogen and oxygen atoms in total. The lowest BCUT2D eigenvalue weighted by Gasteiger charge is -2.17. The zero-order chi connectivity index (χ0) is 20.1. The topological polar surface area (TPSA) is 59.1 Å². The summed E-state index contributed by atoms with van der Waals surface area (Å²) in [5, 5.41) is 6.82. The molecular weight excluding hydrogens is 348 g/mol. The minimum Gasteiger partial charge on any atom is -0.496 e. The summed E-state index contributed by atoms with van der Waals surface area (Å²) in [7, 11) is 1.68. The second-order valence-electron chi connectivity index (χ2n) is 7.20. The molecule has 0 amide bonds. The molecule has 2 N–H and O–H groups in total. The van der Waals surface area contributed by atoms with Gasteiger partial charge in [-0.3, -0.25) is 0 Å². The van der Waals surface area contributed by atoms with Crippen LogP contribution >= 0.6 is 0 Å². The zero-order valence-corrected chi connectivity index (χ0v) is 17.2. The largest absolute Gasteiger partial charge is 0.496 e. The fourth-order valence-corrected chi connectivity index (χ4v) is 3.20. The number of aryl methyl sites for hydroxylation is 2. The molecule has 0 fully saturated rings. The molecule has 3 aromatic rings. The van der Waals surface area contributed by atoms with Crippen LogP contribution in [0, 0.1) is 13.8 Å². The second-order valence-corrected chi connectivity index (χ2v) is 7.20. The van der Waals surface area contributed by atoms with Crippen LogP contribution in [0.25, 0.3) is 0 Å². The molecule has 146 valence electrons. The Balaban J connectivity index is 1.83. The first-order chi connectivity index (χ1) is 13.5. The molecule has 0 bridgehead atoms. The van der Waals surface area contributed by atoms with Crippen molar-refractivity contribution in [3.63, 3.8) is 0 Å². The molecule has 0 atom stereocenters. The van der Waals surface area contributed by atoms with E-state index in [1.54, 1.807) is 7.11 Å². The number of ether oxygens (including phenoxy) is 1. The lowest BCUT2D eigenvalue weighted by Crippen LogP contribution is -2.08. The van der Waals surface area contributed by atoms with Gasteiger partial charge in [0.2, 0.25) is 5.95 Å². The minimum atomic E-state index is 0.412. The normalized spacial score (nSPS) is 10.8. The summed E-state index contributed by atoms with van der Waals surface area (Å²) in [6, 6.07) is 16.3. The first-order valence-electron chi connectivity index (χ1n) is 9.56. The highest BCUT2D eigenvalue weighted by molar-refractivity contribution is 5.64. The average molecular weight is 377 g/mol. The van der Waals surface area contributed by atoms with Crippen LogP contribution in [0.2, 0.25) is 0 Å². The van der Waals surface area contributed by atoms with Crippen LogP contribution in [0.1, 0.15) is 42.1 Å². The molecule has 0 radical (unpaired) electrons. The fraction of sp³-hybridized carbons (Fsp3) is 0.304. The first-order valence-corrected chi connectivity index (χ1v) is 9.56. The molecule has 1 heterocycles. The van der Waals surface area contributed by atoms with E-state index in [1.165, 1.54) is 11.1 Å². The van der Waals surface area contributed by atoms with Crippen LogP contribution in [0.15, 0.2) is 48.5 Å². The summed E-state index contributed by atoms with van der Waals surface area (Å²) in [6.45, 7) is 9.09. The van der Waals surface area contributed by atoms with Gasteiger partial charge in [0.1, 0.15) is 11.6 Å². The molecule has 2 aromatic carbocycles. The smallest absolute Gasteiger partial charge is 0.229 e. The summed E-state index contributed by atoms with van der Waals surface area (Å²) in [5.74, 6) is 2.65. The van der Waals surface area contributed by atoms with E-state index in [1.807, 2.05) is 37.3 Å². The molecule has 28 heavy (non-hydrogen) atoms. The molecule has 0 spiro atoms. The van der Waals surface area contributed by atoms with Crippen LogP contribution < -0.4 is 15.4 Å². The lowest BCUT2D eigenvalue weighted by atomic mass is 9.98. The Kier molecular flexibility index (Phi) is 6.14. The van der Waals surface area contributed by atoms with Gasteiger partial charge in [0, 0.05) is 29.6 Å². The molecule has 0 aliphatic heterocycles. The van der Waals surface area contributed by atoms with Gasteiger partial charge in [-0.15, -0.1) is 0 Å². The highest BCUT2D eigenvalue weighted by Crippen LogP contribution is 2.29. The van der Waals surface area contributed by atoms with E-state index >= 15 is 0 Å². The number of para-hydroxylation sites is 2. The maximum atomic E-state index is 5.42. The number of aromatic nitrogens is 2. The van der Waals surface area contributed by atoms with E-state index in [-0.39, 0.29) is 0 Å². The average Bonchev–Trinajstić information content (AvgIpc) is 2.67. The van der Waals surface area contributed by atoms with Crippen molar-refractivity contribution in [2.75, 3.05) is 17.7 Å². The summed E-state index contributed by atoms with van der Waals surface area (Å²) in [5.41, 5.74) is 5.50. The number of benzene rings is 2. The molecule has 1 aromatic heterocycles. The minimum absolute atomic E-state index is 0.412. The highest BCUT2D eigenvalue weighted by Gasteiger charge is 2.11. The monoisotopic (exact) mass is 376 g/mol. The van der Waals surface area contributed by atoms with Gasteiger partial charge < -0.3 is 15.4 Å². The van der Waals surface area contributed by atoms with Crippen molar-refractivity contribution in [2.45, 2.75) is 40.2 Å². The first kappa shape index (κ1) is 19.7. The van der Waals surface area contributed by atoms with Gasteiger partial charge in [0.25, 0.3) is 0 Å². The van der Waals surface area contributed by atoms with E-state index in [9.17, 15) is 0 Å². The molecule has 0 unspecified atom stereocenters. The van der Waals surface area contributed by atoms with Gasteiger partial charge in [-0.25, -0.2) is 4.98 Å². The molecule has 0 aliphatic carbocycles. The Bertz CT molecular complexity index is 953. The molecule has 3 rings (SSSR count).